The molecule has 4 saturated heterocycles. The highest BCUT2D eigenvalue weighted by Crippen LogP contribution is 2.43. The Morgan fingerprint density at radius 1 is 1.13 bits per heavy atom. The largest absolute Gasteiger partial charge is 0.459 e. The Morgan fingerprint density at radius 3 is 2.52 bits per heavy atom. The first-order valence-electron chi connectivity index (χ1n) is 21.9. The van der Waals surface area contributed by atoms with Gasteiger partial charge in [0.1, 0.15) is 29.8 Å². The van der Waals surface area contributed by atoms with Crippen LogP contribution >= 0.6 is 0 Å². The molecule has 4 aliphatic heterocycles. The van der Waals surface area contributed by atoms with Gasteiger partial charge in [0, 0.05) is 68.1 Å². The van der Waals surface area contributed by atoms with E-state index in [2.05, 4.69) is 20.8 Å². The molecule has 6 rings (SSSR count). The van der Waals surface area contributed by atoms with Crippen LogP contribution in [0, 0.1) is 33.8 Å². The molecule has 1 aromatic carbocycles. The summed E-state index contributed by atoms with van der Waals surface area (Å²) in [6.45, 7) is 14.2. The number of nitro benzene ring substituents is 1. The number of ketones is 1. The number of aliphatic hydroxyl groups is 3. The van der Waals surface area contributed by atoms with Gasteiger partial charge in [0.05, 0.1) is 53.4 Å². The normalized spacial score (nSPS) is 38.0. The number of hydrogen-bond donors (Lipinski definition) is 4. The SMILES string of the molecule is CC[C@H]1OC(=O)[C@H](C)C(=O)[C@H](C)[C@@H](O[C@@H]2O[C@H](C)C[C@H](N(C)CCc3cn(Cc4ccc([N+](=O)[O-])cc4)nn3)[C@H]2O)[C@@]2(C)C[C@@H](CO2)/C(=N\O[C@@H]2CCNC2)[C@H](C)[C@@H](O)[C@]1(C)O. The third-order valence-corrected chi connectivity index (χ3v) is 13.4. The number of non-ortho nitro benzene ring substituents is 1. The maximum atomic E-state index is 14.3. The van der Waals surface area contributed by atoms with E-state index in [-0.39, 0.29) is 37.3 Å². The maximum Gasteiger partial charge on any atom is 0.316 e. The van der Waals surface area contributed by atoms with Crippen molar-refractivity contribution < 1.29 is 53.6 Å². The third-order valence-electron chi connectivity index (χ3n) is 13.4. The van der Waals surface area contributed by atoms with Crippen LogP contribution in [0.3, 0.4) is 0 Å². The van der Waals surface area contributed by atoms with Gasteiger partial charge in [0.15, 0.2) is 12.1 Å². The average molecular weight is 872 g/mol. The fraction of sp³-hybridized carbons (Fsp3) is 0.744. The Hall–Kier alpha value is -3.95. The second kappa shape index (κ2) is 19.8. The molecule has 0 radical (unpaired) electrons. The highest BCUT2D eigenvalue weighted by Gasteiger charge is 2.55. The number of oxime groups is 1. The molecule has 19 nitrogen and oxygen atoms in total. The maximum absolute atomic E-state index is 14.3. The van der Waals surface area contributed by atoms with Crippen molar-refractivity contribution in [2.75, 3.05) is 33.3 Å². The van der Waals surface area contributed by atoms with E-state index in [0.717, 1.165) is 24.2 Å². The monoisotopic (exact) mass is 871 g/mol. The number of cyclic esters (lactones) is 1. The van der Waals surface area contributed by atoms with Crippen LogP contribution in [0.25, 0.3) is 0 Å². The van der Waals surface area contributed by atoms with E-state index >= 15 is 0 Å². The number of Topliss-reactive ketones (excluding diaryl/α,β-unsaturated/α-hetero) is 1. The second-order valence-corrected chi connectivity index (χ2v) is 18.2. The van der Waals surface area contributed by atoms with Crippen LogP contribution in [-0.4, -0.2) is 151 Å². The second-order valence-electron chi connectivity index (χ2n) is 18.2. The molecule has 62 heavy (non-hydrogen) atoms. The van der Waals surface area contributed by atoms with Crippen molar-refractivity contribution in [1.29, 1.82) is 0 Å². The van der Waals surface area contributed by atoms with Crippen LogP contribution in [-0.2, 0) is 46.3 Å². The molecule has 0 unspecified atom stereocenters. The standard InChI is InChI=1S/C43H65N7O12/c1-9-34-43(7,55)38(53)25(3)35(46-62-32-14-16-44-20-32)29-19-42(6,58-23-29)39(26(4)36(51)27(5)40(54)60-34)61-41-37(52)33(18-24(2)59-41)48(8)17-15-30-22-49(47-45-30)21-28-10-12-31(13-11-28)50(56)57/h10-13,22,24-27,29,32-34,37-39,41,44,52-53,55H,9,14-21,23H2,1-8H3/b46-35-/t24-,25+,26+,27-,29+,32-,33+,34-,37-,38-,39-,41+,42-,43-/m1/s1. The third kappa shape index (κ3) is 10.5. The lowest BCUT2D eigenvalue weighted by Crippen LogP contribution is -2.59. The van der Waals surface area contributed by atoms with Crippen LogP contribution in [0.5, 0.6) is 0 Å². The first-order valence-corrected chi connectivity index (χ1v) is 21.9. The number of nitrogens with zero attached hydrogens (tertiary/aromatic N) is 6. The zero-order chi connectivity index (χ0) is 45.1. The summed E-state index contributed by atoms with van der Waals surface area (Å²) in [4.78, 5) is 46.6. The molecule has 5 heterocycles. The molecule has 4 fully saturated rings. The van der Waals surface area contributed by atoms with Gasteiger partial charge in [-0.05, 0) is 66.1 Å². The number of likely N-dealkylation sites (N-methyl/N-ethyl adjacent to an activating group) is 1. The first-order chi connectivity index (χ1) is 29.3. The van der Waals surface area contributed by atoms with Crippen LogP contribution < -0.4 is 5.32 Å². The van der Waals surface area contributed by atoms with Gasteiger partial charge >= 0.3 is 5.97 Å². The molecule has 0 spiro atoms. The van der Waals surface area contributed by atoms with E-state index in [1.165, 1.54) is 26.0 Å². The van der Waals surface area contributed by atoms with Crippen molar-refractivity contribution in [2.45, 2.75) is 147 Å². The predicted octanol–water partition coefficient (Wildman–Crippen LogP) is 2.41. The van der Waals surface area contributed by atoms with E-state index in [1.807, 2.05) is 32.0 Å². The summed E-state index contributed by atoms with van der Waals surface area (Å²) in [5.41, 5.74) is -1.03. The fourth-order valence-electron chi connectivity index (χ4n) is 9.46. The Bertz CT molecular complexity index is 1890. The lowest BCUT2D eigenvalue weighted by Gasteiger charge is -2.46. The van der Waals surface area contributed by atoms with E-state index in [0.29, 0.717) is 38.2 Å². The molecule has 1 aromatic heterocycles. The highest BCUT2D eigenvalue weighted by molar-refractivity contribution is 6.00. The summed E-state index contributed by atoms with van der Waals surface area (Å²) >= 11 is 0. The number of nitro groups is 1. The van der Waals surface area contributed by atoms with Gasteiger partial charge in [0.25, 0.3) is 5.69 Å². The van der Waals surface area contributed by atoms with Gasteiger partial charge in [-0.2, -0.15) is 0 Å². The average Bonchev–Trinajstić information content (AvgIpc) is 4.03. The number of rotatable bonds is 12. The zero-order valence-corrected chi connectivity index (χ0v) is 37.1. The smallest absolute Gasteiger partial charge is 0.316 e. The highest BCUT2D eigenvalue weighted by atomic mass is 16.7. The van der Waals surface area contributed by atoms with Gasteiger partial charge < -0.3 is 49.3 Å². The van der Waals surface area contributed by atoms with E-state index in [9.17, 15) is 35.0 Å². The minimum Gasteiger partial charge on any atom is -0.459 e. The van der Waals surface area contributed by atoms with Gasteiger partial charge in [-0.1, -0.05) is 43.3 Å². The molecular formula is C43H65N7O12. The number of carbonyl (C=O) groups is 2. The number of fused-ring (bicyclic) bond motifs is 2. The number of aliphatic hydroxyl groups excluding tert-OH is 2. The number of esters is 1. The van der Waals surface area contributed by atoms with Crippen LogP contribution in [0.4, 0.5) is 5.69 Å². The van der Waals surface area contributed by atoms with Gasteiger partial charge in [0.2, 0.25) is 0 Å². The fourth-order valence-corrected chi connectivity index (χ4v) is 9.46. The molecule has 4 N–H and O–H groups in total. The molecule has 2 aromatic rings. The lowest BCUT2D eigenvalue weighted by atomic mass is 9.75. The Morgan fingerprint density at radius 2 is 1.85 bits per heavy atom. The summed E-state index contributed by atoms with van der Waals surface area (Å²) < 4.78 is 27.1. The van der Waals surface area contributed by atoms with Gasteiger partial charge in [-0.25, -0.2) is 4.68 Å². The Kier molecular flexibility index (Phi) is 15.2. The van der Waals surface area contributed by atoms with Crippen LogP contribution in [0.1, 0.15) is 85.4 Å². The summed E-state index contributed by atoms with van der Waals surface area (Å²) in [7, 11) is 1.90. The van der Waals surface area contributed by atoms with Crippen molar-refractivity contribution in [2.24, 2.45) is 28.8 Å². The summed E-state index contributed by atoms with van der Waals surface area (Å²) in [6, 6.07) is 5.86. The molecule has 0 aliphatic carbocycles. The van der Waals surface area contributed by atoms with E-state index < -0.39 is 88.3 Å². The van der Waals surface area contributed by atoms with Crippen molar-refractivity contribution in [3.05, 3.63) is 51.8 Å². The van der Waals surface area contributed by atoms with Crippen molar-refractivity contribution in [1.82, 2.24) is 25.2 Å². The van der Waals surface area contributed by atoms with Crippen LogP contribution in [0.15, 0.2) is 35.6 Å². The van der Waals surface area contributed by atoms with Crippen molar-refractivity contribution in [3.8, 4) is 0 Å². The number of nitrogens with one attached hydrogen (secondary N) is 1. The number of aromatic nitrogens is 3. The van der Waals surface area contributed by atoms with Gasteiger partial charge in [-0.15, -0.1) is 5.10 Å². The predicted molar refractivity (Wildman–Crippen MR) is 224 cm³/mol. The van der Waals surface area contributed by atoms with Crippen molar-refractivity contribution in [3.63, 3.8) is 0 Å². The molecule has 2 bridgehead atoms. The summed E-state index contributed by atoms with van der Waals surface area (Å²) in [6.07, 6.45) is -2.44. The van der Waals surface area contributed by atoms with Gasteiger partial charge in [-0.3, -0.25) is 19.7 Å². The molecule has 0 saturated carbocycles. The molecule has 4 aliphatic rings. The molecule has 0 amide bonds. The molecule has 344 valence electrons. The Labute approximate surface area is 362 Å². The quantitative estimate of drug-likeness (QED) is 0.104. The van der Waals surface area contributed by atoms with Crippen molar-refractivity contribution >= 4 is 23.2 Å². The number of ether oxygens (including phenoxy) is 4. The minimum atomic E-state index is -1.91. The van der Waals surface area contributed by atoms with E-state index in [1.54, 1.807) is 37.6 Å². The lowest BCUT2D eigenvalue weighted by molar-refractivity contribution is -0.384. The number of hydrogen-bond acceptors (Lipinski definition) is 17. The topological polar surface area (TPSA) is 242 Å². The Balaban J connectivity index is 1.22. The number of carbonyl (C=O) groups excluding carboxylic acids is 2. The summed E-state index contributed by atoms with van der Waals surface area (Å²) in [5, 5.41) is 63.0. The molecule has 14 atom stereocenters. The van der Waals surface area contributed by atoms with Crippen LogP contribution in [0.2, 0.25) is 0 Å². The zero-order valence-electron chi connectivity index (χ0n) is 37.1. The minimum absolute atomic E-state index is 0.0136. The number of benzene rings is 1. The molecular weight excluding hydrogens is 807 g/mol. The molecule has 19 heteroatoms. The first kappa shape index (κ1) is 47.5. The summed E-state index contributed by atoms with van der Waals surface area (Å²) in [5.74, 6) is -4.72. The van der Waals surface area contributed by atoms with E-state index in [4.69, 9.17) is 23.8 Å².